The lowest BCUT2D eigenvalue weighted by atomic mass is 10.1. The number of aromatic hydroxyl groups is 1. The Morgan fingerprint density at radius 2 is 1.34 bits per heavy atom. The van der Waals surface area contributed by atoms with Crippen LogP contribution in [0.4, 0.5) is 17.8 Å². The zero-order chi connectivity index (χ0) is 20.1. The van der Waals surface area contributed by atoms with Crippen LogP contribution in [0.5, 0.6) is 5.75 Å². The maximum absolute atomic E-state index is 9.43. The molecule has 0 bridgehead atoms. The van der Waals surface area contributed by atoms with E-state index in [0.717, 1.165) is 43.6 Å². The Labute approximate surface area is 171 Å². The summed E-state index contributed by atoms with van der Waals surface area (Å²) < 4.78 is 0. The normalized spacial score (nSPS) is 17.7. The number of hydrogen-bond acceptors (Lipinski definition) is 8. The molecule has 1 aromatic heterocycles. The summed E-state index contributed by atoms with van der Waals surface area (Å²) in [6.07, 6.45) is 8.98. The van der Waals surface area contributed by atoms with Crippen LogP contribution in [0.2, 0.25) is 0 Å². The average Bonchev–Trinajstić information content (AvgIpc) is 2.79. The van der Waals surface area contributed by atoms with E-state index in [4.69, 9.17) is 15.0 Å². The van der Waals surface area contributed by atoms with Crippen molar-refractivity contribution in [2.45, 2.75) is 38.5 Å². The molecule has 29 heavy (non-hydrogen) atoms. The molecule has 2 aliphatic heterocycles. The Morgan fingerprint density at radius 1 is 0.828 bits per heavy atom. The Hall–Kier alpha value is -2.90. The predicted molar refractivity (Wildman–Crippen MR) is 116 cm³/mol. The van der Waals surface area contributed by atoms with Crippen LogP contribution in [-0.2, 0) is 0 Å². The Kier molecular flexibility index (Phi) is 6.07. The number of hydrazone groups is 1. The molecule has 2 aliphatic rings. The van der Waals surface area contributed by atoms with Crippen LogP contribution in [0.15, 0.2) is 29.4 Å². The second-order valence-electron chi connectivity index (χ2n) is 7.69. The summed E-state index contributed by atoms with van der Waals surface area (Å²) in [7, 11) is 1.85. The molecule has 0 aliphatic carbocycles. The van der Waals surface area contributed by atoms with Gasteiger partial charge in [-0.25, -0.2) is 5.01 Å². The fourth-order valence-electron chi connectivity index (χ4n) is 3.72. The number of anilines is 3. The third kappa shape index (κ3) is 4.93. The number of hydrogen-bond donors (Lipinski definition) is 1. The zero-order valence-corrected chi connectivity index (χ0v) is 17.0. The monoisotopic (exact) mass is 395 g/mol. The van der Waals surface area contributed by atoms with Crippen LogP contribution < -0.4 is 14.8 Å². The highest BCUT2D eigenvalue weighted by Gasteiger charge is 2.21. The maximum atomic E-state index is 9.43. The molecule has 0 unspecified atom stereocenters. The molecule has 0 saturated carbocycles. The minimum Gasteiger partial charge on any atom is -0.508 e. The quantitative estimate of drug-likeness (QED) is 0.615. The number of phenolic OH excluding ortho intramolecular Hbond substituents is 1. The van der Waals surface area contributed by atoms with Crippen molar-refractivity contribution in [1.82, 2.24) is 15.0 Å². The first-order chi connectivity index (χ1) is 14.2. The molecule has 1 aromatic carbocycles. The highest BCUT2D eigenvalue weighted by atomic mass is 16.3. The summed E-state index contributed by atoms with van der Waals surface area (Å²) >= 11 is 0. The molecule has 154 valence electrons. The smallest absolute Gasteiger partial charge is 0.252 e. The Balaban J connectivity index is 1.60. The summed E-state index contributed by atoms with van der Waals surface area (Å²) in [5.74, 6) is 2.30. The molecular weight excluding hydrogens is 366 g/mol. The van der Waals surface area contributed by atoms with Crippen molar-refractivity contribution in [3.8, 4) is 5.75 Å². The van der Waals surface area contributed by atoms with Crippen molar-refractivity contribution in [2.24, 2.45) is 5.10 Å². The third-order valence-corrected chi connectivity index (χ3v) is 5.44. The lowest BCUT2D eigenvalue weighted by Crippen LogP contribution is -2.35. The van der Waals surface area contributed by atoms with Gasteiger partial charge in [0.05, 0.1) is 6.21 Å². The number of aromatic nitrogens is 3. The van der Waals surface area contributed by atoms with Crippen molar-refractivity contribution in [3.63, 3.8) is 0 Å². The SMILES string of the molecule is CN(N=Cc1ccc(O)cc1)c1nc(N2CCCCC2)nc(N2CCCCC2)n1. The van der Waals surface area contributed by atoms with Gasteiger partial charge in [0.1, 0.15) is 5.75 Å². The van der Waals surface area contributed by atoms with Gasteiger partial charge in [0.2, 0.25) is 11.9 Å². The summed E-state index contributed by atoms with van der Waals surface area (Å²) in [5.41, 5.74) is 0.899. The number of benzene rings is 1. The van der Waals surface area contributed by atoms with Gasteiger partial charge in [-0.05, 0) is 68.4 Å². The van der Waals surface area contributed by atoms with E-state index >= 15 is 0 Å². The van der Waals surface area contributed by atoms with Crippen LogP contribution in [0.1, 0.15) is 44.1 Å². The van der Waals surface area contributed by atoms with E-state index in [0.29, 0.717) is 5.95 Å². The van der Waals surface area contributed by atoms with E-state index in [9.17, 15) is 5.11 Å². The van der Waals surface area contributed by atoms with E-state index in [1.165, 1.54) is 38.5 Å². The molecular formula is C21H29N7O. The van der Waals surface area contributed by atoms with Crippen LogP contribution in [0.3, 0.4) is 0 Å². The summed E-state index contributed by atoms with van der Waals surface area (Å²) in [4.78, 5) is 18.8. The number of piperidine rings is 2. The third-order valence-electron chi connectivity index (χ3n) is 5.44. The first kappa shape index (κ1) is 19.4. The van der Waals surface area contributed by atoms with E-state index in [-0.39, 0.29) is 5.75 Å². The lowest BCUT2D eigenvalue weighted by molar-refractivity contribution is 0.475. The van der Waals surface area contributed by atoms with Gasteiger partial charge in [-0.15, -0.1) is 0 Å². The molecule has 2 fully saturated rings. The van der Waals surface area contributed by atoms with Gasteiger partial charge >= 0.3 is 0 Å². The van der Waals surface area contributed by atoms with Crippen LogP contribution in [0, 0.1) is 0 Å². The van der Waals surface area contributed by atoms with Crippen molar-refractivity contribution in [1.29, 1.82) is 0 Å². The molecule has 8 nitrogen and oxygen atoms in total. The van der Waals surface area contributed by atoms with Gasteiger partial charge < -0.3 is 14.9 Å². The van der Waals surface area contributed by atoms with Gasteiger partial charge in [0.15, 0.2) is 0 Å². The minimum absolute atomic E-state index is 0.241. The summed E-state index contributed by atoms with van der Waals surface area (Å²) in [6.45, 7) is 3.96. The average molecular weight is 396 g/mol. The molecule has 3 heterocycles. The van der Waals surface area contributed by atoms with Crippen molar-refractivity contribution < 1.29 is 5.11 Å². The molecule has 4 rings (SSSR count). The molecule has 0 amide bonds. The van der Waals surface area contributed by atoms with Gasteiger partial charge in [-0.2, -0.15) is 20.1 Å². The first-order valence-corrected chi connectivity index (χ1v) is 10.5. The van der Waals surface area contributed by atoms with Crippen LogP contribution >= 0.6 is 0 Å². The Bertz CT molecular complexity index is 791. The Morgan fingerprint density at radius 3 is 1.86 bits per heavy atom. The second kappa shape index (κ2) is 9.07. The number of phenols is 1. The van der Waals surface area contributed by atoms with E-state index in [1.807, 2.05) is 19.2 Å². The zero-order valence-electron chi connectivity index (χ0n) is 17.0. The fourth-order valence-corrected chi connectivity index (χ4v) is 3.72. The molecule has 0 radical (unpaired) electrons. The van der Waals surface area contributed by atoms with E-state index in [2.05, 4.69) is 14.9 Å². The molecule has 1 N–H and O–H groups in total. The van der Waals surface area contributed by atoms with E-state index < -0.39 is 0 Å². The van der Waals surface area contributed by atoms with Gasteiger partial charge in [-0.3, -0.25) is 0 Å². The fraction of sp³-hybridized carbons (Fsp3) is 0.524. The number of nitrogens with zero attached hydrogens (tertiary/aromatic N) is 7. The van der Waals surface area contributed by atoms with E-state index in [1.54, 1.807) is 23.4 Å². The van der Waals surface area contributed by atoms with Crippen molar-refractivity contribution >= 4 is 24.1 Å². The van der Waals surface area contributed by atoms with Crippen LogP contribution in [0.25, 0.3) is 0 Å². The van der Waals surface area contributed by atoms with Gasteiger partial charge in [-0.1, -0.05) is 0 Å². The largest absolute Gasteiger partial charge is 0.508 e. The minimum atomic E-state index is 0.241. The summed E-state index contributed by atoms with van der Waals surface area (Å²) in [6, 6.07) is 6.93. The molecule has 0 atom stereocenters. The predicted octanol–water partition coefficient (Wildman–Crippen LogP) is 3.03. The number of rotatable bonds is 5. The highest BCUT2D eigenvalue weighted by molar-refractivity contribution is 5.80. The van der Waals surface area contributed by atoms with Gasteiger partial charge in [0.25, 0.3) is 5.95 Å². The van der Waals surface area contributed by atoms with Crippen molar-refractivity contribution in [3.05, 3.63) is 29.8 Å². The molecule has 2 aromatic rings. The molecule has 8 heteroatoms. The van der Waals surface area contributed by atoms with Crippen LogP contribution in [-0.4, -0.2) is 59.5 Å². The topological polar surface area (TPSA) is 81.0 Å². The van der Waals surface area contributed by atoms with Gasteiger partial charge in [0, 0.05) is 33.2 Å². The first-order valence-electron chi connectivity index (χ1n) is 10.5. The van der Waals surface area contributed by atoms with Crippen molar-refractivity contribution in [2.75, 3.05) is 48.0 Å². The maximum Gasteiger partial charge on any atom is 0.252 e. The highest BCUT2D eigenvalue weighted by Crippen LogP contribution is 2.23. The molecule has 2 saturated heterocycles. The summed E-state index contributed by atoms with van der Waals surface area (Å²) in [5, 5.41) is 15.6. The molecule has 0 spiro atoms. The second-order valence-corrected chi connectivity index (χ2v) is 7.69. The standard InChI is InChI=1S/C21H29N7O/c1-26(22-16-17-8-10-18(29)11-9-17)19-23-20(27-12-4-2-5-13-27)25-21(24-19)28-14-6-3-7-15-28/h8-11,16,29H,2-7,12-15H2,1H3. The lowest BCUT2D eigenvalue weighted by Gasteiger charge is -2.30.